The predicted molar refractivity (Wildman–Crippen MR) is 178 cm³/mol. The number of hydrogen-bond acceptors (Lipinski definition) is 2. The molecule has 0 bridgehead atoms. The van der Waals surface area contributed by atoms with Gasteiger partial charge in [-0.15, -0.1) is 0 Å². The van der Waals surface area contributed by atoms with Gasteiger partial charge in [-0.25, -0.2) is 0 Å². The van der Waals surface area contributed by atoms with Gasteiger partial charge in [-0.1, -0.05) is 104 Å². The summed E-state index contributed by atoms with van der Waals surface area (Å²) in [5, 5.41) is 9.82. The van der Waals surface area contributed by atoms with Crippen LogP contribution in [0.5, 0.6) is 11.5 Å². The fourth-order valence-corrected chi connectivity index (χ4v) is 7.82. The second-order valence-electron chi connectivity index (χ2n) is 12.8. The summed E-state index contributed by atoms with van der Waals surface area (Å²) in [5.74, 6) is 2.18. The third-order valence-corrected chi connectivity index (χ3v) is 9.16. The van der Waals surface area contributed by atoms with Gasteiger partial charge in [0.05, 0.1) is 0 Å². The van der Waals surface area contributed by atoms with Gasteiger partial charge >= 0.3 is 0 Å². The second-order valence-corrected chi connectivity index (χ2v) is 21.7. The van der Waals surface area contributed by atoms with Crippen LogP contribution >= 0.6 is 0 Å². The summed E-state index contributed by atoms with van der Waals surface area (Å²) in [7, 11) is -3.70. The average molecular weight is 559 g/mol. The van der Waals surface area contributed by atoms with Gasteiger partial charge in [0.2, 0.25) is 16.6 Å². The molecule has 6 aromatic rings. The Hall–Kier alpha value is -3.61. The van der Waals surface area contributed by atoms with Crippen LogP contribution in [0.1, 0.15) is 24.0 Å². The van der Waals surface area contributed by atoms with E-state index < -0.39 is 16.6 Å². The molecule has 0 unspecified atom stereocenters. The molecule has 6 rings (SSSR count). The van der Waals surface area contributed by atoms with Crippen molar-refractivity contribution in [3.8, 4) is 11.5 Å². The molecule has 0 heterocycles. The third kappa shape index (κ3) is 4.69. The number of fused-ring (bicyclic) bond motifs is 4. The summed E-state index contributed by atoms with van der Waals surface area (Å²) in [5.41, 5.74) is 2.70. The minimum atomic E-state index is -1.85. The summed E-state index contributed by atoms with van der Waals surface area (Å²) in [4.78, 5) is 0. The van der Waals surface area contributed by atoms with E-state index in [2.05, 4.69) is 143 Å². The van der Waals surface area contributed by atoms with E-state index in [1.54, 1.807) is 0 Å². The van der Waals surface area contributed by atoms with E-state index in [0.29, 0.717) is 0 Å². The van der Waals surface area contributed by atoms with Crippen molar-refractivity contribution in [2.24, 2.45) is 0 Å². The lowest BCUT2D eigenvalue weighted by atomic mass is 9.81. The minimum Gasteiger partial charge on any atom is -0.543 e. The van der Waals surface area contributed by atoms with E-state index in [0.717, 1.165) is 11.5 Å². The zero-order valence-electron chi connectivity index (χ0n) is 24.6. The van der Waals surface area contributed by atoms with Crippen molar-refractivity contribution in [1.29, 1.82) is 0 Å². The monoisotopic (exact) mass is 558 g/mol. The second kappa shape index (κ2) is 9.79. The summed E-state index contributed by atoms with van der Waals surface area (Å²) >= 11 is 0. The Kier molecular flexibility index (Phi) is 6.51. The third-order valence-electron chi connectivity index (χ3n) is 7.53. The number of hydrogen-bond donors (Lipinski definition) is 0. The zero-order valence-corrected chi connectivity index (χ0v) is 26.6. The first-order chi connectivity index (χ1) is 19.0. The smallest absolute Gasteiger partial charge is 0.242 e. The maximum Gasteiger partial charge on any atom is 0.242 e. The van der Waals surface area contributed by atoms with Crippen LogP contribution in [0.2, 0.25) is 39.3 Å². The standard InChI is InChI=1S/C36H38O2Si2/c1-24(33-25-16-8-12-20-29(25)35(37-39(2,3)4)30-21-13-9-17-26(30)33)34-27-18-10-14-22-31(27)36(38-40(5,6)7)32-23-15-11-19-28(32)34/h8-24H,1-7H3. The van der Waals surface area contributed by atoms with E-state index in [1.807, 2.05) is 0 Å². The molecule has 202 valence electrons. The lowest BCUT2D eigenvalue weighted by molar-refractivity contribution is 0.570. The molecule has 0 fully saturated rings. The van der Waals surface area contributed by atoms with E-state index in [-0.39, 0.29) is 5.92 Å². The summed E-state index contributed by atoms with van der Waals surface area (Å²) in [6.07, 6.45) is 0. The molecule has 0 aliphatic carbocycles. The molecule has 0 aromatic heterocycles. The van der Waals surface area contributed by atoms with Crippen LogP contribution in [0.25, 0.3) is 43.1 Å². The molecule has 4 heteroatoms. The SMILES string of the molecule is CC(c1c2ccccc2c(O[Si](C)(C)C)c2ccccc12)c1c2ccccc2c(O[Si](C)(C)C)c2ccccc12. The van der Waals surface area contributed by atoms with Crippen molar-refractivity contribution < 1.29 is 8.85 Å². The molecule has 0 spiro atoms. The van der Waals surface area contributed by atoms with Gasteiger partial charge in [0.15, 0.2) is 0 Å². The molecule has 0 atom stereocenters. The van der Waals surface area contributed by atoms with Gasteiger partial charge < -0.3 is 8.85 Å². The van der Waals surface area contributed by atoms with Crippen molar-refractivity contribution in [3.63, 3.8) is 0 Å². The first-order valence-corrected chi connectivity index (χ1v) is 21.1. The van der Waals surface area contributed by atoms with Gasteiger partial charge in [-0.3, -0.25) is 0 Å². The highest BCUT2D eigenvalue weighted by molar-refractivity contribution is 6.71. The Morgan fingerprint density at radius 2 is 0.625 bits per heavy atom. The van der Waals surface area contributed by atoms with Crippen molar-refractivity contribution >= 4 is 59.7 Å². The molecule has 0 saturated heterocycles. The molecule has 0 amide bonds. The van der Waals surface area contributed by atoms with Crippen LogP contribution in [-0.2, 0) is 0 Å². The Bertz CT molecular complexity index is 1640. The topological polar surface area (TPSA) is 18.5 Å². The zero-order chi connectivity index (χ0) is 28.2. The fraction of sp³-hybridized carbons (Fsp3) is 0.222. The first kappa shape index (κ1) is 26.6. The van der Waals surface area contributed by atoms with Crippen LogP contribution in [0, 0.1) is 0 Å². The molecule has 0 saturated carbocycles. The normalized spacial score (nSPS) is 12.6. The Balaban J connectivity index is 1.73. The predicted octanol–water partition coefficient (Wildman–Crippen LogP) is 10.9. The fourth-order valence-electron chi connectivity index (χ4n) is 6.15. The van der Waals surface area contributed by atoms with Gasteiger partial charge in [0.25, 0.3) is 0 Å². The average Bonchev–Trinajstić information content (AvgIpc) is 2.91. The van der Waals surface area contributed by atoms with E-state index >= 15 is 0 Å². The lowest BCUT2D eigenvalue weighted by Crippen LogP contribution is -2.29. The van der Waals surface area contributed by atoms with Crippen molar-refractivity contribution in [2.45, 2.75) is 52.1 Å². The van der Waals surface area contributed by atoms with Gasteiger partial charge in [0, 0.05) is 27.5 Å². The molecule has 0 aliphatic heterocycles. The molecule has 2 nitrogen and oxygen atoms in total. The molecule has 40 heavy (non-hydrogen) atoms. The molecular weight excluding hydrogens is 521 g/mol. The Morgan fingerprint density at radius 1 is 0.400 bits per heavy atom. The molecule has 6 aromatic carbocycles. The summed E-state index contributed by atoms with van der Waals surface area (Å²) in [6.45, 7) is 15.9. The van der Waals surface area contributed by atoms with Crippen molar-refractivity contribution in [3.05, 3.63) is 108 Å². The first-order valence-electron chi connectivity index (χ1n) is 14.3. The Labute approximate surface area is 239 Å². The van der Waals surface area contributed by atoms with Crippen LogP contribution in [-0.4, -0.2) is 16.6 Å². The van der Waals surface area contributed by atoms with Crippen LogP contribution < -0.4 is 8.85 Å². The molecule has 0 radical (unpaired) electrons. The highest BCUT2D eigenvalue weighted by Crippen LogP contribution is 2.48. The minimum absolute atomic E-state index is 0.131. The van der Waals surface area contributed by atoms with E-state index in [1.165, 1.54) is 54.2 Å². The largest absolute Gasteiger partial charge is 0.543 e. The van der Waals surface area contributed by atoms with Crippen molar-refractivity contribution in [1.82, 2.24) is 0 Å². The molecule has 0 N–H and O–H groups in total. The van der Waals surface area contributed by atoms with Crippen LogP contribution in [0.3, 0.4) is 0 Å². The highest BCUT2D eigenvalue weighted by atomic mass is 28.4. The number of rotatable bonds is 6. The van der Waals surface area contributed by atoms with Crippen LogP contribution in [0.15, 0.2) is 97.1 Å². The maximum atomic E-state index is 6.80. The number of benzene rings is 6. The van der Waals surface area contributed by atoms with Gasteiger partial charge in [-0.2, -0.15) is 0 Å². The quantitative estimate of drug-likeness (QED) is 0.149. The molecular formula is C36H38O2Si2. The van der Waals surface area contributed by atoms with Crippen LogP contribution in [0.4, 0.5) is 0 Å². The van der Waals surface area contributed by atoms with Gasteiger partial charge in [-0.05, 0) is 72.0 Å². The van der Waals surface area contributed by atoms with E-state index in [9.17, 15) is 0 Å². The van der Waals surface area contributed by atoms with Gasteiger partial charge in [0.1, 0.15) is 11.5 Å². The molecule has 0 aliphatic rings. The highest BCUT2D eigenvalue weighted by Gasteiger charge is 2.27. The summed E-state index contributed by atoms with van der Waals surface area (Å²) in [6, 6.07) is 35.2. The van der Waals surface area contributed by atoms with E-state index in [4.69, 9.17) is 8.85 Å². The lowest BCUT2D eigenvalue weighted by Gasteiger charge is -2.28. The van der Waals surface area contributed by atoms with Crippen molar-refractivity contribution in [2.75, 3.05) is 0 Å². The summed E-state index contributed by atoms with van der Waals surface area (Å²) < 4.78 is 13.6. The maximum absolute atomic E-state index is 6.80. The Morgan fingerprint density at radius 3 is 0.850 bits per heavy atom.